The first-order valence-electron chi connectivity index (χ1n) is 18.2. The number of fused-ring (bicyclic) bond motifs is 1. The Bertz CT molecular complexity index is 1520. The van der Waals surface area contributed by atoms with Crippen molar-refractivity contribution in [2.24, 2.45) is 5.92 Å². The van der Waals surface area contributed by atoms with Gasteiger partial charge >= 0.3 is 5.97 Å². The van der Waals surface area contributed by atoms with Crippen molar-refractivity contribution in [3.8, 4) is 11.5 Å². The lowest BCUT2D eigenvalue weighted by Gasteiger charge is -2.35. The van der Waals surface area contributed by atoms with Crippen LogP contribution in [0.1, 0.15) is 90.4 Å². The van der Waals surface area contributed by atoms with Crippen LogP contribution in [0.15, 0.2) is 36.7 Å². The Morgan fingerprint density at radius 2 is 1.64 bits per heavy atom. The molecule has 4 rings (SSSR count). The molecular weight excluding hydrogens is 661 g/mol. The summed E-state index contributed by atoms with van der Waals surface area (Å²) in [4.78, 5) is 37.8. The molecule has 10 nitrogen and oxygen atoms in total. The number of carboxylic acid groups (broad SMARTS) is 1. The maximum Gasteiger partial charge on any atom is 0.307 e. The first-order valence-corrected chi connectivity index (χ1v) is 18.6. The fourth-order valence-corrected chi connectivity index (χ4v) is 6.55. The minimum Gasteiger partial charge on any atom is -0.493 e. The molecule has 12 heteroatoms. The van der Waals surface area contributed by atoms with Gasteiger partial charge in [0.25, 0.3) is 0 Å². The molecule has 1 fully saturated rings. The maximum absolute atomic E-state index is 13.7. The standard InChI is InChI=1S/C38H53ClFN5O5/c1-3-4-5-6-7-8-9-10-11-12-14-28(38(47)48)23-36(46)45-20-18-44(19-21-45)17-13-22-50-35-25-30-33(26-34(35)49-2)41-27-42-37(30)43-29-15-16-32(40)31(39)24-29/h15-16,24-28H,3-14,17-23H2,1-2H3,(H,47,48)(H,41,42,43). The van der Waals surface area contributed by atoms with Crippen LogP contribution in [-0.4, -0.2) is 83.2 Å². The number of carbonyl (C=O) groups excluding carboxylic acids is 1. The number of piperazine rings is 1. The molecule has 1 atom stereocenters. The van der Waals surface area contributed by atoms with E-state index in [4.69, 9.17) is 21.1 Å². The lowest BCUT2D eigenvalue weighted by atomic mass is 9.96. The number of hydrogen-bond donors (Lipinski definition) is 2. The normalized spacial score (nSPS) is 14.1. The number of rotatable bonds is 22. The number of nitrogens with zero attached hydrogens (tertiary/aromatic N) is 4. The molecule has 0 bridgehead atoms. The molecule has 274 valence electrons. The van der Waals surface area contributed by atoms with Crippen LogP contribution in [-0.2, 0) is 9.59 Å². The zero-order valence-corrected chi connectivity index (χ0v) is 30.4. The Morgan fingerprint density at radius 1 is 0.940 bits per heavy atom. The minimum atomic E-state index is -0.867. The third-order valence-electron chi connectivity index (χ3n) is 9.38. The number of anilines is 2. The van der Waals surface area contributed by atoms with Crippen LogP contribution in [0.2, 0.25) is 5.02 Å². The van der Waals surface area contributed by atoms with Gasteiger partial charge in [-0.3, -0.25) is 14.5 Å². The molecule has 1 amide bonds. The number of aliphatic carboxylic acids is 1. The number of benzene rings is 2. The molecule has 2 heterocycles. The zero-order chi connectivity index (χ0) is 35.7. The monoisotopic (exact) mass is 713 g/mol. The van der Waals surface area contributed by atoms with Crippen LogP contribution < -0.4 is 14.8 Å². The fourth-order valence-electron chi connectivity index (χ4n) is 6.37. The summed E-state index contributed by atoms with van der Waals surface area (Å²) in [6.07, 6.45) is 14.9. The van der Waals surface area contributed by atoms with E-state index < -0.39 is 17.7 Å². The molecule has 1 unspecified atom stereocenters. The molecule has 1 aliphatic heterocycles. The van der Waals surface area contributed by atoms with Crippen LogP contribution in [0.25, 0.3) is 10.9 Å². The average Bonchev–Trinajstić information content (AvgIpc) is 3.11. The largest absolute Gasteiger partial charge is 0.493 e. The number of amides is 1. The van der Waals surface area contributed by atoms with Gasteiger partial charge in [0.05, 0.1) is 30.2 Å². The van der Waals surface area contributed by atoms with Crippen molar-refractivity contribution >= 4 is 45.9 Å². The number of carboxylic acids is 1. The van der Waals surface area contributed by atoms with Gasteiger partial charge in [0.15, 0.2) is 11.5 Å². The van der Waals surface area contributed by atoms with Crippen molar-refractivity contribution in [2.45, 2.75) is 90.4 Å². The second-order valence-corrected chi connectivity index (χ2v) is 13.5. The number of hydrogen-bond acceptors (Lipinski definition) is 8. The SMILES string of the molecule is CCCCCCCCCCCCC(CC(=O)N1CCN(CCCOc2cc3c(Nc4ccc(F)c(Cl)c4)ncnc3cc2OC)CC1)C(=O)O. The summed E-state index contributed by atoms with van der Waals surface area (Å²) < 4.78 is 25.4. The van der Waals surface area contributed by atoms with E-state index in [9.17, 15) is 19.1 Å². The topological polar surface area (TPSA) is 117 Å². The molecule has 0 radical (unpaired) electrons. The molecule has 1 aromatic heterocycles. The summed E-state index contributed by atoms with van der Waals surface area (Å²) in [7, 11) is 1.58. The van der Waals surface area contributed by atoms with E-state index in [0.29, 0.717) is 60.0 Å². The summed E-state index contributed by atoms with van der Waals surface area (Å²) in [5, 5.41) is 13.7. The van der Waals surface area contributed by atoms with Gasteiger partial charge in [0.1, 0.15) is 18.0 Å². The summed E-state index contributed by atoms with van der Waals surface area (Å²) in [5.41, 5.74) is 1.24. The van der Waals surface area contributed by atoms with Crippen molar-refractivity contribution in [1.82, 2.24) is 19.8 Å². The van der Waals surface area contributed by atoms with Gasteiger partial charge in [-0.05, 0) is 37.1 Å². The number of ether oxygens (including phenoxy) is 2. The minimum absolute atomic E-state index is 0.00806. The van der Waals surface area contributed by atoms with Crippen molar-refractivity contribution in [3.05, 3.63) is 47.5 Å². The Morgan fingerprint density at radius 3 is 2.30 bits per heavy atom. The molecule has 1 aliphatic rings. The van der Waals surface area contributed by atoms with Crippen molar-refractivity contribution in [3.63, 3.8) is 0 Å². The first kappa shape index (κ1) is 39.1. The summed E-state index contributed by atoms with van der Waals surface area (Å²) in [6, 6.07) is 7.98. The van der Waals surface area contributed by atoms with E-state index in [1.807, 2.05) is 11.0 Å². The number of nitrogens with one attached hydrogen (secondary N) is 1. The zero-order valence-electron chi connectivity index (χ0n) is 29.6. The lowest BCUT2D eigenvalue weighted by Crippen LogP contribution is -2.49. The number of unbranched alkanes of at least 4 members (excludes halogenated alkanes) is 9. The van der Waals surface area contributed by atoms with E-state index in [1.54, 1.807) is 19.2 Å². The molecule has 50 heavy (non-hydrogen) atoms. The molecule has 2 N–H and O–H groups in total. The van der Waals surface area contributed by atoms with Gasteiger partial charge < -0.3 is 24.8 Å². The second kappa shape index (κ2) is 20.8. The van der Waals surface area contributed by atoms with Gasteiger partial charge in [-0.1, -0.05) is 82.7 Å². The molecule has 2 aromatic carbocycles. The number of methoxy groups -OCH3 is 1. The Hall–Kier alpha value is -3.70. The van der Waals surface area contributed by atoms with E-state index in [1.165, 1.54) is 63.4 Å². The third-order valence-corrected chi connectivity index (χ3v) is 9.67. The maximum atomic E-state index is 13.7. The number of carbonyl (C=O) groups is 2. The van der Waals surface area contributed by atoms with Crippen molar-refractivity contribution < 1.29 is 28.6 Å². The van der Waals surface area contributed by atoms with Crippen LogP contribution >= 0.6 is 11.6 Å². The van der Waals surface area contributed by atoms with E-state index in [2.05, 4.69) is 27.1 Å². The third kappa shape index (κ3) is 12.3. The number of halogens is 2. The molecule has 0 saturated carbocycles. The van der Waals surface area contributed by atoms with E-state index in [0.717, 1.165) is 45.3 Å². The predicted octanol–water partition coefficient (Wildman–Crippen LogP) is 8.49. The highest BCUT2D eigenvalue weighted by atomic mass is 35.5. The van der Waals surface area contributed by atoms with Crippen LogP contribution in [0.3, 0.4) is 0 Å². The smallest absolute Gasteiger partial charge is 0.307 e. The van der Waals surface area contributed by atoms with Crippen molar-refractivity contribution in [1.29, 1.82) is 0 Å². The fraction of sp³-hybridized carbons (Fsp3) is 0.579. The molecule has 1 saturated heterocycles. The highest BCUT2D eigenvalue weighted by Crippen LogP contribution is 2.35. The summed E-state index contributed by atoms with van der Waals surface area (Å²) >= 11 is 5.96. The van der Waals surface area contributed by atoms with Gasteiger partial charge in [-0.15, -0.1) is 0 Å². The highest BCUT2D eigenvalue weighted by Gasteiger charge is 2.26. The number of aromatic nitrogens is 2. The summed E-state index contributed by atoms with van der Waals surface area (Å²) in [5.74, 6) is -0.419. The van der Waals surface area contributed by atoms with Crippen LogP contribution in [0.4, 0.5) is 15.9 Å². The molecule has 3 aromatic rings. The Labute approximate surface area is 300 Å². The second-order valence-electron chi connectivity index (χ2n) is 13.1. The van der Waals surface area contributed by atoms with Crippen LogP contribution in [0.5, 0.6) is 11.5 Å². The van der Waals surface area contributed by atoms with Crippen molar-refractivity contribution in [2.75, 3.05) is 51.8 Å². The molecular formula is C38H53ClFN5O5. The quantitative estimate of drug-likeness (QED) is 0.0989. The average molecular weight is 714 g/mol. The molecule has 0 spiro atoms. The van der Waals surface area contributed by atoms with Gasteiger partial charge in [0.2, 0.25) is 5.91 Å². The van der Waals surface area contributed by atoms with Gasteiger partial charge in [-0.2, -0.15) is 0 Å². The Kier molecular flexibility index (Phi) is 16.3. The lowest BCUT2D eigenvalue weighted by molar-refractivity contribution is -0.146. The first-order chi connectivity index (χ1) is 24.3. The predicted molar refractivity (Wildman–Crippen MR) is 196 cm³/mol. The van der Waals surface area contributed by atoms with Gasteiger partial charge in [-0.25, -0.2) is 14.4 Å². The summed E-state index contributed by atoms with van der Waals surface area (Å²) in [6.45, 7) is 6.14. The highest BCUT2D eigenvalue weighted by molar-refractivity contribution is 6.31. The van der Waals surface area contributed by atoms with Gasteiger partial charge in [0, 0.05) is 56.3 Å². The van der Waals surface area contributed by atoms with E-state index >= 15 is 0 Å². The Balaban J connectivity index is 1.17. The van der Waals surface area contributed by atoms with E-state index in [-0.39, 0.29) is 17.4 Å². The van der Waals surface area contributed by atoms with Crippen LogP contribution in [0, 0.1) is 11.7 Å². The molecule has 0 aliphatic carbocycles.